The van der Waals surface area contributed by atoms with Crippen molar-refractivity contribution in [3.63, 3.8) is 0 Å². The maximum absolute atomic E-state index is 10.5. The molecule has 4 rings (SSSR count). The van der Waals surface area contributed by atoms with E-state index in [-0.39, 0.29) is 24.3 Å². The lowest BCUT2D eigenvalue weighted by atomic mass is 9.98. The Hall–Kier alpha value is -2.34. The number of ether oxygens (including phenoxy) is 2. The third kappa shape index (κ3) is 4.47. The molecule has 0 unspecified atom stereocenters. The highest BCUT2D eigenvalue weighted by Gasteiger charge is 2.48. The predicted molar refractivity (Wildman–Crippen MR) is 106 cm³/mol. The van der Waals surface area contributed by atoms with Gasteiger partial charge in [-0.05, 0) is 19.1 Å². The number of amidine groups is 1. The summed E-state index contributed by atoms with van der Waals surface area (Å²) in [6.07, 6.45) is -1.05. The van der Waals surface area contributed by atoms with Crippen LogP contribution in [0.1, 0.15) is 12.6 Å². The van der Waals surface area contributed by atoms with Gasteiger partial charge in [0.15, 0.2) is 5.17 Å². The van der Waals surface area contributed by atoms with E-state index in [1.54, 1.807) is 29.1 Å². The summed E-state index contributed by atoms with van der Waals surface area (Å²) < 4.78 is 13.1. The molecule has 2 aliphatic heterocycles. The molecular weight excluding hydrogens is 398 g/mol. The second-order valence-electron chi connectivity index (χ2n) is 6.82. The maximum atomic E-state index is 10.5. The molecule has 1 saturated heterocycles. The molecule has 0 amide bonds. The van der Waals surface area contributed by atoms with Crippen LogP contribution in [-0.2, 0) is 17.9 Å². The number of thioether (sulfide) groups is 1. The fourth-order valence-electron chi connectivity index (χ4n) is 3.23. The van der Waals surface area contributed by atoms with E-state index in [1.165, 1.54) is 17.8 Å². The zero-order valence-electron chi connectivity index (χ0n) is 15.8. The molecule has 2 aliphatic rings. The summed E-state index contributed by atoms with van der Waals surface area (Å²) >= 11 is 1.41. The lowest BCUT2D eigenvalue weighted by molar-refractivity contribution is -0.157. The maximum Gasteiger partial charge on any atom is 0.159 e. The first-order valence-corrected chi connectivity index (χ1v) is 10.2. The lowest BCUT2D eigenvalue weighted by Gasteiger charge is -2.38. The van der Waals surface area contributed by atoms with Gasteiger partial charge in [0.05, 0.1) is 12.7 Å². The summed E-state index contributed by atoms with van der Waals surface area (Å²) in [5.41, 5.74) is 0.231. The van der Waals surface area contributed by atoms with E-state index in [2.05, 4.69) is 20.6 Å². The Bertz CT molecular complexity index is 878. The first kappa shape index (κ1) is 20.0. The van der Waals surface area contributed by atoms with Gasteiger partial charge in [-0.25, -0.2) is 4.68 Å². The second-order valence-corrected chi connectivity index (χ2v) is 7.90. The van der Waals surface area contributed by atoms with Crippen molar-refractivity contribution in [3.05, 3.63) is 36.2 Å². The number of fused-ring (bicyclic) bond motifs is 1. The molecule has 0 radical (unpaired) electrons. The van der Waals surface area contributed by atoms with Crippen LogP contribution in [-0.4, -0.2) is 71.8 Å². The summed E-state index contributed by atoms with van der Waals surface area (Å²) in [4.78, 5) is 4.40. The predicted octanol–water partition coefficient (Wildman–Crippen LogP) is 0.0903. The number of aliphatic hydroxyl groups is 2. The number of rotatable bonds is 6. The molecule has 1 fully saturated rings. The number of hydrogen-bond acceptors (Lipinski definition) is 10. The van der Waals surface area contributed by atoms with Gasteiger partial charge in [-0.2, -0.15) is 0 Å². The number of aliphatic imine (C=N–C) groups is 1. The number of aromatic hydroxyl groups is 1. The van der Waals surface area contributed by atoms with Crippen LogP contribution in [0.2, 0.25) is 0 Å². The molecule has 10 nitrogen and oxygen atoms in total. The zero-order chi connectivity index (χ0) is 20.4. The van der Waals surface area contributed by atoms with E-state index in [9.17, 15) is 15.3 Å². The van der Waals surface area contributed by atoms with Gasteiger partial charge in [0.1, 0.15) is 53.6 Å². The highest BCUT2D eigenvalue weighted by molar-refractivity contribution is 8.14. The van der Waals surface area contributed by atoms with Crippen molar-refractivity contribution in [2.24, 2.45) is 4.99 Å². The van der Waals surface area contributed by atoms with Gasteiger partial charge in [-0.1, -0.05) is 23.0 Å². The van der Waals surface area contributed by atoms with Gasteiger partial charge < -0.3 is 30.1 Å². The standard InChI is InChI=1S/C18H23N5O5S/c1-2-19-18-20-14-16(26)15(25)13(28-17(14)29-18)8-23-7-10(21-22-23)9-27-12-5-3-4-11(24)6-12/h3-7,13-17,24-26H,2,8-9H2,1H3,(H,19,20)/t13-,14-,15-,16-,17-/m1/s1. The minimum Gasteiger partial charge on any atom is -0.508 e. The largest absolute Gasteiger partial charge is 0.508 e. The molecule has 0 saturated carbocycles. The van der Waals surface area contributed by atoms with Crippen molar-refractivity contribution in [2.75, 3.05) is 6.54 Å². The van der Waals surface area contributed by atoms with Crippen molar-refractivity contribution in [1.29, 1.82) is 0 Å². The molecule has 29 heavy (non-hydrogen) atoms. The minimum atomic E-state index is -1.09. The summed E-state index contributed by atoms with van der Waals surface area (Å²) in [6.45, 7) is 3.10. The highest BCUT2D eigenvalue weighted by Crippen LogP contribution is 2.36. The number of phenolic OH excluding ortho intramolecular Hbond substituents is 1. The molecule has 0 bridgehead atoms. The molecule has 156 valence electrons. The zero-order valence-corrected chi connectivity index (χ0v) is 16.6. The van der Waals surface area contributed by atoms with Gasteiger partial charge >= 0.3 is 0 Å². The molecule has 2 aromatic rings. The first-order valence-electron chi connectivity index (χ1n) is 9.34. The summed E-state index contributed by atoms with van der Waals surface area (Å²) in [7, 11) is 0. The number of hydrogen-bond donors (Lipinski definition) is 4. The Balaban J connectivity index is 1.35. The molecule has 5 atom stereocenters. The average molecular weight is 421 g/mol. The number of benzene rings is 1. The molecule has 3 heterocycles. The number of phenols is 1. The Morgan fingerprint density at radius 2 is 2.17 bits per heavy atom. The van der Waals surface area contributed by atoms with Gasteiger partial charge in [-0.15, -0.1) is 5.10 Å². The second kappa shape index (κ2) is 8.57. The van der Waals surface area contributed by atoms with Crippen molar-refractivity contribution >= 4 is 16.9 Å². The smallest absolute Gasteiger partial charge is 0.159 e. The molecule has 0 aliphatic carbocycles. The SMILES string of the molecule is CCNC1=N[C@@H]2[C@@H](O)[C@H](O)[C@@H](Cn3cc(COc4cccc(O)c4)nn3)O[C@@H]2S1. The van der Waals surface area contributed by atoms with Crippen LogP contribution in [0.5, 0.6) is 11.5 Å². The van der Waals surface area contributed by atoms with Crippen molar-refractivity contribution in [3.8, 4) is 11.5 Å². The Labute approximate surface area is 171 Å². The molecule has 11 heteroatoms. The number of aromatic nitrogens is 3. The van der Waals surface area contributed by atoms with Crippen LogP contribution >= 0.6 is 11.8 Å². The summed E-state index contributed by atoms with van der Waals surface area (Å²) in [5, 5.41) is 42.3. The van der Waals surface area contributed by atoms with E-state index < -0.39 is 24.4 Å². The number of nitrogens with one attached hydrogen (secondary N) is 1. The Morgan fingerprint density at radius 3 is 2.97 bits per heavy atom. The van der Waals surface area contributed by atoms with Crippen LogP contribution in [0.15, 0.2) is 35.5 Å². The van der Waals surface area contributed by atoms with Crippen LogP contribution in [0.25, 0.3) is 0 Å². The molecular formula is C18H23N5O5S. The normalized spacial score (nSPS) is 28.7. The number of nitrogens with zero attached hydrogens (tertiary/aromatic N) is 4. The molecule has 0 spiro atoms. The van der Waals surface area contributed by atoms with Gasteiger partial charge in [0.25, 0.3) is 0 Å². The highest BCUT2D eigenvalue weighted by atomic mass is 32.2. The van der Waals surface area contributed by atoms with E-state index in [0.717, 1.165) is 6.54 Å². The Kier molecular flexibility index (Phi) is 5.90. The van der Waals surface area contributed by atoms with Gasteiger partial charge in [-0.3, -0.25) is 4.99 Å². The van der Waals surface area contributed by atoms with E-state index in [1.807, 2.05) is 6.92 Å². The van der Waals surface area contributed by atoms with Gasteiger partial charge in [0.2, 0.25) is 0 Å². The van der Waals surface area contributed by atoms with E-state index >= 15 is 0 Å². The van der Waals surface area contributed by atoms with Crippen LogP contribution in [0, 0.1) is 0 Å². The quantitative estimate of drug-likeness (QED) is 0.512. The fourth-order valence-corrected chi connectivity index (χ4v) is 4.42. The third-order valence-corrected chi connectivity index (χ3v) is 5.74. The van der Waals surface area contributed by atoms with E-state index in [0.29, 0.717) is 16.6 Å². The summed E-state index contributed by atoms with van der Waals surface area (Å²) in [5.74, 6) is 0.645. The summed E-state index contributed by atoms with van der Waals surface area (Å²) in [6, 6.07) is 6.00. The van der Waals surface area contributed by atoms with Gasteiger partial charge in [0, 0.05) is 12.6 Å². The molecule has 1 aromatic carbocycles. The van der Waals surface area contributed by atoms with Crippen molar-refractivity contribution < 1.29 is 24.8 Å². The third-order valence-electron chi connectivity index (χ3n) is 4.65. The number of aliphatic hydroxyl groups excluding tert-OH is 2. The van der Waals surface area contributed by atoms with Crippen LogP contribution in [0.3, 0.4) is 0 Å². The molecule has 4 N–H and O–H groups in total. The van der Waals surface area contributed by atoms with Crippen LogP contribution < -0.4 is 10.1 Å². The van der Waals surface area contributed by atoms with E-state index in [4.69, 9.17) is 9.47 Å². The minimum absolute atomic E-state index is 0.123. The monoisotopic (exact) mass is 421 g/mol. The first-order chi connectivity index (χ1) is 14.0. The Morgan fingerprint density at radius 1 is 1.31 bits per heavy atom. The van der Waals surface area contributed by atoms with Crippen molar-refractivity contribution in [2.45, 2.75) is 49.9 Å². The van der Waals surface area contributed by atoms with Crippen LogP contribution in [0.4, 0.5) is 0 Å². The lowest BCUT2D eigenvalue weighted by Crippen LogP contribution is -2.55. The topological polar surface area (TPSA) is 134 Å². The molecule has 1 aromatic heterocycles. The fraction of sp³-hybridized carbons (Fsp3) is 0.500. The van der Waals surface area contributed by atoms with Crippen molar-refractivity contribution in [1.82, 2.24) is 20.3 Å². The average Bonchev–Trinajstić information content (AvgIpc) is 3.31.